The SMILES string of the molecule is CCN(CC)C(=O)c1ccc(CCc2ccccc2O)cc1. The Labute approximate surface area is 132 Å². The number of carbonyl (C=O) groups is 1. The van der Waals surface area contributed by atoms with Crippen LogP contribution in [0, 0.1) is 0 Å². The van der Waals surface area contributed by atoms with Gasteiger partial charge in [-0.15, -0.1) is 0 Å². The summed E-state index contributed by atoms with van der Waals surface area (Å²) in [5, 5.41) is 9.77. The molecule has 0 bridgehead atoms. The van der Waals surface area contributed by atoms with Crippen LogP contribution in [-0.4, -0.2) is 29.0 Å². The summed E-state index contributed by atoms with van der Waals surface area (Å²) in [6.45, 7) is 5.43. The smallest absolute Gasteiger partial charge is 0.253 e. The molecular formula is C19H23NO2. The van der Waals surface area contributed by atoms with E-state index < -0.39 is 0 Å². The summed E-state index contributed by atoms with van der Waals surface area (Å²) in [5.74, 6) is 0.424. The number of rotatable bonds is 6. The van der Waals surface area contributed by atoms with Crippen molar-refractivity contribution in [2.24, 2.45) is 0 Å². The first kappa shape index (κ1) is 16.1. The fourth-order valence-electron chi connectivity index (χ4n) is 2.51. The number of benzene rings is 2. The summed E-state index contributed by atoms with van der Waals surface area (Å²) >= 11 is 0. The molecule has 0 saturated carbocycles. The Kier molecular flexibility index (Phi) is 5.59. The van der Waals surface area contributed by atoms with Crippen LogP contribution in [0.4, 0.5) is 0 Å². The van der Waals surface area contributed by atoms with Gasteiger partial charge >= 0.3 is 0 Å². The van der Waals surface area contributed by atoms with Gasteiger partial charge in [-0.25, -0.2) is 0 Å². The molecule has 2 aromatic carbocycles. The van der Waals surface area contributed by atoms with Crippen LogP contribution in [0.3, 0.4) is 0 Å². The molecule has 3 nitrogen and oxygen atoms in total. The first-order valence-corrected chi connectivity index (χ1v) is 7.80. The second-order valence-corrected chi connectivity index (χ2v) is 5.30. The number of hydrogen-bond acceptors (Lipinski definition) is 2. The maximum absolute atomic E-state index is 12.2. The molecule has 3 heteroatoms. The number of nitrogens with zero attached hydrogens (tertiary/aromatic N) is 1. The van der Waals surface area contributed by atoms with E-state index in [4.69, 9.17) is 0 Å². The molecule has 0 aliphatic rings. The highest BCUT2D eigenvalue weighted by Crippen LogP contribution is 2.18. The van der Waals surface area contributed by atoms with Crippen molar-refractivity contribution in [1.82, 2.24) is 4.90 Å². The molecule has 2 rings (SSSR count). The van der Waals surface area contributed by atoms with E-state index in [1.165, 1.54) is 5.56 Å². The fraction of sp³-hybridized carbons (Fsp3) is 0.316. The Hall–Kier alpha value is -2.29. The van der Waals surface area contributed by atoms with Crippen molar-refractivity contribution in [2.75, 3.05) is 13.1 Å². The number of hydrogen-bond donors (Lipinski definition) is 1. The van der Waals surface area contributed by atoms with Crippen LogP contribution in [-0.2, 0) is 12.8 Å². The number of carbonyl (C=O) groups excluding carboxylic acids is 1. The van der Waals surface area contributed by atoms with E-state index >= 15 is 0 Å². The van der Waals surface area contributed by atoms with Gasteiger partial charge in [-0.3, -0.25) is 4.79 Å². The largest absolute Gasteiger partial charge is 0.508 e. The highest BCUT2D eigenvalue weighted by molar-refractivity contribution is 5.94. The van der Waals surface area contributed by atoms with E-state index in [0.29, 0.717) is 5.75 Å². The lowest BCUT2D eigenvalue weighted by Crippen LogP contribution is -2.30. The van der Waals surface area contributed by atoms with E-state index in [1.807, 2.05) is 61.2 Å². The van der Waals surface area contributed by atoms with Crippen LogP contribution in [0.5, 0.6) is 5.75 Å². The quantitative estimate of drug-likeness (QED) is 0.884. The highest BCUT2D eigenvalue weighted by Gasteiger charge is 2.11. The first-order valence-electron chi connectivity index (χ1n) is 7.80. The molecule has 2 aromatic rings. The van der Waals surface area contributed by atoms with Crippen molar-refractivity contribution >= 4 is 5.91 Å². The molecule has 0 aliphatic carbocycles. The van der Waals surface area contributed by atoms with Gasteiger partial charge in [0.15, 0.2) is 0 Å². The minimum Gasteiger partial charge on any atom is -0.508 e. The minimum atomic E-state index is 0.0808. The molecular weight excluding hydrogens is 274 g/mol. The van der Waals surface area contributed by atoms with Gasteiger partial charge in [-0.05, 0) is 56.0 Å². The lowest BCUT2D eigenvalue weighted by molar-refractivity contribution is 0.0773. The number of phenolic OH excluding ortho intramolecular Hbond substituents is 1. The second-order valence-electron chi connectivity index (χ2n) is 5.30. The maximum Gasteiger partial charge on any atom is 0.253 e. The zero-order chi connectivity index (χ0) is 15.9. The van der Waals surface area contributed by atoms with Gasteiger partial charge in [0.1, 0.15) is 5.75 Å². The van der Waals surface area contributed by atoms with E-state index in [0.717, 1.165) is 37.1 Å². The minimum absolute atomic E-state index is 0.0808. The number of para-hydroxylation sites is 1. The number of phenols is 1. The summed E-state index contributed by atoms with van der Waals surface area (Å²) in [6.07, 6.45) is 1.63. The van der Waals surface area contributed by atoms with Gasteiger partial charge in [0, 0.05) is 18.7 Å². The van der Waals surface area contributed by atoms with Crippen LogP contribution < -0.4 is 0 Å². The van der Waals surface area contributed by atoms with Crippen molar-refractivity contribution in [3.05, 3.63) is 65.2 Å². The molecule has 1 amide bonds. The Balaban J connectivity index is 2.00. The van der Waals surface area contributed by atoms with E-state index in [-0.39, 0.29) is 5.91 Å². The highest BCUT2D eigenvalue weighted by atomic mass is 16.3. The molecule has 0 unspecified atom stereocenters. The molecule has 116 valence electrons. The summed E-state index contributed by atoms with van der Waals surface area (Å²) < 4.78 is 0. The number of aromatic hydroxyl groups is 1. The maximum atomic E-state index is 12.2. The zero-order valence-electron chi connectivity index (χ0n) is 13.2. The average Bonchev–Trinajstić information content (AvgIpc) is 2.55. The van der Waals surface area contributed by atoms with Crippen molar-refractivity contribution in [2.45, 2.75) is 26.7 Å². The van der Waals surface area contributed by atoms with Gasteiger partial charge in [0.05, 0.1) is 0 Å². The molecule has 0 aromatic heterocycles. The van der Waals surface area contributed by atoms with Crippen molar-refractivity contribution in [3.8, 4) is 5.75 Å². The van der Waals surface area contributed by atoms with Gasteiger partial charge in [0.25, 0.3) is 5.91 Å². The molecule has 0 saturated heterocycles. The number of aryl methyl sites for hydroxylation is 2. The third-order valence-electron chi connectivity index (χ3n) is 3.93. The third kappa shape index (κ3) is 3.88. The van der Waals surface area contributed by atoms with Crippen molar-refractivity contribution in [3.63, 3.8) is 0 Å². The van der Waals surface area contributed by atoms with Crippen molar-refractivity contribution < 1.29 is 9.90 Å². The molecule has 1 N–H and O–H groups in total. The average molecular weight is 297 g/mol. The normalized spacial score (nSPS) is 10.5. The molecule has 0 aliphatic heterocycles. The van der Waals surface area contributed by atoms with Crippen molar-refractivity contribution in [1.29, 1.82) is 0 Å². The lowest BCUT2D eigenvalue weighted by Gasteiger charge is -2.18. The lowest BCUT2D eigenvalue weighted by atomic mass is 10.0. The van der Waals surface area contributed by atoms with E-state index in [9.17, 15) is 9.90 Å². The molecule has 0 radical (unpaired) electrons. The molecule has 0 spiro atoms. The van der Waals surface area contributed by atoms with Crippen LogP contribution in [0.1, 0.15) is 35.3 Å². The van der Waals surface area contributed by atoms with Gasteiger partial charge < -0.3 is 10.0 Å². The fourth-order valence-corrected chi connectivity index (χ4v) is 2.51. The van der Waals surface area contributed by atoms with Gasteiger partial charge in [-0.1, -0.05) is 30.3 Å². The van der Waals surface area contributed by atoms with E-state index in [2.05, 4.69) is 0 Å². The summed E-state index contributed by atoms with van der Waals surface area (Å²) in [7, 11) is 0. The topological polar surface area (TPSA) is 40.5 Å². The molecule has 0 fully saturated rings. The van der Waals surface area contributed by atoms with Crippen LogP contribution in [0.25, 0.3) is 0 Å². The Bertz CT molecular complexity index is 616. The van der Waals surface area contributed by atoms with E-state index in [1.54, 1.807) is 6.07 Å². The second kappa shape index (κ2) is 7.64. The molecule has 0 atom stereocenters. The molecule has 22 heavy (non-hydrogen) atoms. The summed E-state index contributed by atoms with van der Waals surface area (Å²) in [4.78, 5) is 14.1. The van der Waals surface area contributed by atoms with Gasteiger partial charge in [0.2, 0.25) is 0 Å². The monoisotopic (exact) mass is 297 g/mol. The van der Waals surface area contributed by atoms with Crippen LogP contribution in [0.2, 0.25) is 0 Å². The standard InChI is InChI=1S/C19H23NO2/c1-3-20(4-2)19(22)17-13-10-15(11-14-17)9-12-16-7-5-6-8-18(16)21/h5-8,10-11,13-14,21H,3-4,9,12H2,1-2H3. The predicted octanol–water partition coefficient (Wildman–Crippen LogP) is 3.66. The first-order chi connectivity index (χ1) is 10.7. The summed E-state index contributed by atoms with van der Waals surface area (Å²) in [5.41, 5.74) is 2.85. The Morgan fingerprint density at radius 3 is 2.18 bits per heavy atom. The Morgan fingerprint density at radius 1 is 0.955 bits per heavy atom. The van der Waals surface area contributed by atoms with Gasteiger partial charge in [-0.2, -0.15) is 0 Å². The molecule has 0 heterocycles. The van der Waals surface area contributed by atoms with Crippen LogP contribution in [0.15, 0.2) is 48.5 Å². The number of amides is 1. The summed E-state index contributed by atoms with van der Waals surface area (Å²) in [6, 6.07) is 15.2. The predicted molar refractivity (Wildman–Crippen MR) is 89.2 cm³/mol. The van der Waals surface area contributed by atoms with Crippen LogP contribution >= 0.6 is 0 Å². The Morgan fingerprint density at radius 2 is 1.59 bits per heavy atom. The third-order valence-corrected chi connectivity index (χ3v) is 3.93. The zero-order valence-corrected chi connectivity index (χ0v) is 13.2.